The van der Waals surface area contributed by atoms with Gasteiger partial charge in [-0.3, -0.25) is 14.9 Å². The van der Waals surface area contributed by atoms with E-state index < -0.39 is 10.8 Å². The van der Waals surface area contributed by atoms with Crippen molar-refractivity contribution in [1.29, 1.82) is 0 Å². The van der Waals surface area contributed by atoms with Gasteiger partial charge in [-0.05, 0) is 25.7 Å². The van der Waals surface area contributed by atoms with E-state index in [0.29, 0.717) is 0 Å². The third-order valence-electron chi connectivity index (χ3n) is 4.57. The number of imide groups is 1. The van der Waals surface area contributed by atoms with Crippen molar-refractivity contribution in [3.05, 3.63) is 12.2 Å². The number of allylic oxidation sites excluding steroid dienone is 2. The van der Waals surface area contributed by atoms with Crippen LogP contribution in [0, 0.1) is 10.8 Å². The average Bonchev–Trinajstić information content (AvgIpc) is 2.50. The fourth-order valence-electron chi connectivity index (χ4n) is 3.69. The first-order valence-electron chi connectivity index (χ1n) is 5.72. The monoisotopic (exact) mass is 205 g/mol. The smallest absolute Gasteiger partial charge is 0.234 e. The van der Waals surface area contributed by atoms with Crippen molar-refractivity contribution in [3.63, 3.8) is 0 Å². The normalized spacial score (nSPS) is 43.5. The lowest BCUT2D eigenvalue weighted by Gasteiger charge is -2.46. The maximum absolute atomic E-state index is 12.0. The zero-order valence-electron chi connectivity index (χ0n) is 8.71. The van der Waals surface area contributed by atoms with Crippen molar-refractivity contribution >= 4 is 11.8 Å². The summed E-state index contributed by atoms with van der Waals surface area (Å²) in [7, 11) is 0. The zero-order chi connectivity index (χ0) is 10.5. The van der Waals surface area contributed by atoms with Crippen LogP contribution in [0.1, 0.15) is 38.5 Å². The molecule has 0 bridgehead atoms. The van der Waals surface area contributed by atoms with Gasteiger partial charge in [0.05, 0.1) is 10.8 Å². The number of hydrogen-bond acceptors (Lipinski definition) is 2. The van der Waals surface area contributed by atoms with Crippen LogP contribution in [0.5, 0.6) is 0 Å². The van der Waals surface area contributed by atoms with Crippen LogP contribution < -0.4 is 5.32 Å². The Hall–Kier alpha value is -1.12. The summed E-state index contributed by atoms with van der Waals surface area (Å²) in [5.74, 6) is -0.0342. The van der Waals surface area contributed by atoms with Crippen molar-refractivity contribution in [2.45, 2.75) is 38.5 Å². The van der Waals surface area contributed by atoms with Gasteiger partial charge in [-0.1, -0.05) is 25.0 Å². The van der Waals surface area contributed by atoms with Crippen LogP contribution >= 0.6 is 0 Å². The molecule has 3 aliphatic rings. The molecule has 1 saturated carbocycles. The highest BCUT2D eigenvalue weighted by Crippen LogP contribution is 2.60. The summed E-state index contributed by atoms with van der Waals surface area (Å²) in [4.78, 5) is 24.0. The Balaban J connectivity index is 2.17. The molecule has 2 amide bonds. The zero-order valence-corrected chi connectivity index (χ0v) is 8.71. The van der Waals surface area contributed by atoms with Gasteiger partial charge >= 0.3 is 0 Å². The Morgan fingerprint density at radius 2 is 1.40 bits per heavy atom. The van der Waals surface area contributed by atoms with E-state index in [9.17, 15) is 9.59 Å². The van der Waals surface area contributed by atoms with Gasteiger partial charge in [0.1, 0.15) is 0 Å². The Morgan fingerprint density at radius 3 is 1.87 bits per heavy atom. The average molecular weight is 205 g/mol. The van der Waals surface area contributed by atoms with Gasteiger partial charge < -0.3 is 0 Å². The lowest BCUT2D eigenvalue weighted by atomic mass is 9.53. The first-order chi connectivity index (χ1) is 7.21. The van der Waals surface area contributed by atoms with Crippen LogP contribution in [-0.2, 0) is 9.59 Å². The first-order valence-corrected chi connectivity index (χ1v) is 5.72. The quantitative estimate of drug-likeness (QED) is 0.481. The summed E-state index contributed by atoms with van der Waals surface area (Å²) in [6.07, 6.45) is 9.58. The maximum atomic E-state index is 12.0. The molecule has 3 rings (SSSR count). The molecule has 0 spiro atoms. The molecule has 1 heterocycles. The second-order valence-corrected chi connectivity index (χ2v) is 5.03. The van der Waals surface area contributed by atoms with Gasteiger partial charge in [-0.2, -0.15) is 0 Å². The van der Waals surface area contributed by atoms with E-state index in [0.717, 1.165) is 38.5 Å². The third kappa shape index (κ3) is 0.869. The van der Waals surface area contributed by atoms with E-state index in [1.54, 1.807) is 0 Å². The van der Waals surface area contributed by atoms with Crippen molar-refractivity contribution in [2.75, 3.05) is 0 Å². The molecule has 1 N–H and O–H groups in total. The highest BCUT2D eigenvalue weighted by Gasteiger charge is 2.65. The molecule has 2 unspecified atom stereocenters. The minimum Gasteiger partial charge on any atom is -0.295 e. The van der Waals surface area contributed by atoms with Gasteiger partial charge in [-0.15, -0.1) is 0 Å². The first kappa shape index (κ1) is 9.13. The van der Waals surface area contributed by atoms with Gasteiger partial charge in [0.15, 0.2) is 0 Å². The molecule has 80 valence electrons. The molecule has 1 saturated heterocycles. The van der Waals surface area contributed by atoms with Gasteiger partial charge in [0.2, 0.25) is 11.8 Å². The maximum Gasteiger partial charge on any atom is 0.234 e. The molecule has 3 nitrogen and oxygen atoms in total. The molecule has 0 radical (unpaired) electrons. The summed E-state index contributed by atoms with van der Waals surface area (Å²) in [6.45, 7) is 0. The molecular weight excluding hydrogens is 190 g/mol. The molecular formula is C12H15NO2. The molecule has 15 heavy (non-hydrogen) atoms. The largest absolute Gasteiger partial charge is 0.295 e. The third-order valence-corrected chi connectivity index (χ3v) is 4.57. The van der Waals surface area contributed by atoms with Crippen molar-refractivity contribution in [2.24, 2.45) is 10.8 Å². The Kier molecular flexibility index (Phi) is 1.65. The number of carbonyl (C=O) groups excluding carboxylic acids is 2. The second-order valence-electron chi connectivity index (χ2n) is 5.03. The Bertz CT molecular complexity index is 340. The molecule has 3 heteroatoms. The van der Waals surface area contributed by atoms with Crippen molar-refractivity contribution in [1.82, 2.24) is 5.32 Å². The van der Waals surface area contributed by atoms with E-state index in [2.05, 4.69) is 17.5 Å². The summed E-state index contributed by atoms with van der Waals surface area (Å²) in [5.41, 5.74) is -0.784. The number of rotatable bonds is 0. The fraction of sp³-hybridized carbons (Fsp3) is 0.667. The highest BCUT2D eigenvalue weighted by atomic mass is 16.2. The molecule has 0 aromatic heterocycles. The summed E-state index contributed by atoms with van der Waals surface area (Å²) in [5, 5.41) is 2.56. The van der Waals surface area contributed by atoms with Crippen molar-refractivity contribution < 1.29 is 9.59 Å². The number of carbonyl (C=O) groups is 2. The summed E-state index contributed by atoms with van der Waals surface area (Å²) in [6, 6.07) is 0. The van der Waals surface area contributed by atoms with Gasteiger partial charge in [-0.25, -0.2) is 0 Å². The van der Waals surface area contributed by atoms with Crippen LogP contribution in [0.15, 0.2) is 12.2 Å². The van der Waals surface area contributed by atoms with Crippen LogP contribution in [0.2, 0.25) is 0 Å². The predicted molar refractivity (Wildman–Crippen MR) is 54.9 cm³/mol. The second kappa shape index (κ2) is 2.71. The minimum absolute atomic E-state index is 0.0171. The Morgan fingerprint density at radius 1 is 0.933 bits per heavy atom. The van der Waals surface area contributed by atoms with Gasteiger partial charge in [0, 0.05) is 0 Å². The minimum atomic E-state index is -0.392. The van der Waals surface area contributed by atoms with E-state index in [-0.39, 0.29) is 11.8 Å². The van der Waals surface area contributed by atoms with E-state index in [1.165, 1.54) is 0 Å². The van der Waals surface area contributed by atoms with E-state index >= 15 is 0 Å². The summed E-state index contributed by atoms with van der Waals surface area (Å²) >= 11 is 0. The summed E-state index contributed by atoms with van der Waals surface area (Å²) < 4.78 is 0. The molecule has 0 aromatic carbocycles. The topological polar surface area (TPSA) is 46.2 Å². The highest BCUT2D eigenvalue weighted by molar-refractivity contribution is 6.10. The van der Waals surface area contributed by atoms with Crippen LogP contribution in [0.25, 0.3) is 0 Å². The van der Waals surface area contributed by atoms with E-state index in [1.807, 2.05) is 0 Å². The lowest BCUT2D eigenvalue weighted by molar-refractivity contribution is -0.139. The fourth-order valence-corrected chi connectivity index (χ4v) is 3.69. The lowest BCUT2D eigenvalue weighted by Crippen LogP contribution is -2.48. The number of nitrogens with one attached hydrogen (secondary N) is 1. The molecule has 2 fully saturated rings. The number of hydrogen-bond donors (Lipinski definition) is 1. The van der Waals surface area contributed by atoms with Crippen LogP contribution in [0.3, 0.4) is 0 Å². The van der Waals surface area contributed by atoms with Crippen LogP contribution in [-0.4, -0.2) is 11.8 Å². The molecule has 1 aliphatic heterocycles. The predicted octanol–water partition coefficient (Wildman–Crippen LogP) is 1.54. The van der Waals surface area contributed by atoms with Gasteiger partial charge in [0.25, 0.3) is 0 Å². The molecule has 2 atom stereocenters. The van der Waals surface area contributed by atoms with Crippen molar-refractivity contribution in [3.8, 4) is 0 Å². The Labute approximate surface area is 88.9 Å². The standard InChI is InChI=1S/C12H15NO2/c14-9-11-5-1-2-6-12(11,10(15)13-9)8-4-3-7-11/h1-2H,3-8H2,(H,13,14,15). The molecule has 2 aliphatic carbocycles. The number of amides is 2. The van der Waals surface area contributed by atoms with Crippen LogP contribution in [0.4, 0.5) is 0 Å². The molecule has 0 aromatic rings. The SMILES string of the molecule is O=C1NC(=O)C23CC=CCC12CCCC3. The van der Waals surface area contributed by atoms with E-state index in [4.69, 9.17) is 0 Å².